The second kappa shape index (κ2) is 6.51. The monoisotopic (exact) mass is 380 g/mol. The molecule has 0 radical (unpaired) electrons. The smallest absolute Gasteiger partial charge is 0.257 e. The number of hydrogen-bond acceptors (Lipinski definition) is 4. The number of rotatable bonds is 0. The topological polar surface area (TPSA) is 58.9 Å². The van der Waals surface area contributed by atoms with E-state index in [1.807, 2.05) is 30.2 Å². The number of piperidine rings is 1. The molecule has 1 fully saturated rings. The molecular weight excluding hydrogens is 359 g/mol. The van der Waals surface area contributed by atoms with E-state index in [0.717, 1.165) is 29.6 Å². The summed E-state index contributed by atoms with van der Waals surface area (Å²) in [6, 6.07) is 8.29. The SMILES string of the molecule is C[C@H]1Nc2ccn3ncc(c3c2)C(=O)N2CCC(CC2)Oc2ccc(F)cc21. The molecule has 1 aromatic carbocycles. The molecule has 144 valence electrons. The van der Waals surface area contributed by atoms with Crippen LogP contribution in [0.5, 0.6) is 5.75 Å². The maximum atomic E-state index is 14.0. The van der Waals surface area contributed by atoms with Crippen LogP contribution in [0.2, 0.25) is 0 Å². The third kappa shape index (κ3) is 2.87. The van der Waals surface area contributed by atoms with Crippen LogP contribution in [0.15, 0.2) is 42.7 Å². The van der Waals surface area contributed by atoms with Crippen molar-refractivity contribution in [2.24, 2.45) is 0 Å². The van der Waals surface area contributed by atoms with Gasteiger partial charge in [0.25, 0.3) is 5.91 Å². The molecule has 3 aliphatic rings. The Bertz CT molecular complexity index is 1060. The number of pyridine rings is 1. The average Bonchev–Trinajstić information content (AvgIpc) is 3.12. The molecule has 0 saturated carbocycles. The molecule has 7 heteroatoms. The van der Waals surface area contributed by atoms with Crippen molar-refractivity contribution in [1.82, 2.24) is 14.5 Å². The molecule has 1 atom stereocenters. The van der Waals surface area contributed by atoms with Crippen molar-refractivity contribution in [3.63, 3.8) is 0 Å². The summed E-state index contributed by atoms with van der Waals surface area (Å²) in [6.45, 7) is 3.23. The van der Waals surface area contributed by atoms with Gasteiger partial charge in [-0.2, -0.15) is 5.10 Å². The fraction of sp³-hybridized carbons (Fsp3) is 0.333. The highest BCUT2D eigenvalue weighted by atomic mass is 19.1. The minimum atomic E-state index is -0.286. The average molecular weight is 380 g/mol. The first-order valence-corrected chi connectivity index (χ1v) is 9.58. The van der Waals surface area contributed by atoms with E-state index < -0.39 is 0 Å². The van der Waals surface area contributed by atoms with Crippen LogP contribution in [0.3, 0.4) is 0 Å². The van der Waals surface area contributed by atoms with E-state index >= 15 is 0 Å². The summed E-state index contributed by atoms with van der Waals surface area (Å²) in [5.74, 6) is 0.401. The lowest BCUT2D eigenvalue weighted by molar-refractivity contribution is 0.0595. The van der Waals surface area contributed by atoms with Crippen LogP contribution in [-0.2, 0) is 0 Å². The van der Waals surface area contributed by atoms with Gasteiger partial charge in [0.1, 0.15) is 17.7 Å². The Morgan fingerprint density at radius 2 is 2.04 bits per heavy atom. The molecule has 3 aliphatic heterocycles. The van der Waals surface area contributed by atoms with E-state index in [1.165, 1.54) is 12.1 Å². The van der Waals surface area contributed by atoms with Gasteiger partial charge in [-0.15, -0.1) is 0 Å². The van der Waals surface area contributed by atoms with E-state index in [0.29, 0.717) is 24.4 Å². The van der Waals surface area contributed by atoms with Gasteiger partial charge in [0.05, 0.1) is 23.3 Å². The molecule has 4 bridgehead atoms. The number of amides is 1. The molecule has 6 nitrogen and oxygen atoms in total. The molecule has 0 spiro atoms. The van der Waals surface area contributed by atoms with Crippen LogP contribution < -0.4 is 10.1 Å². The highest BCUT2D eigenvalue weighted by Crippen LogP contribution is 2.32. The number of carbonyl (C=O) groups is 1. The Balaban J connectivity index is 1.64. The Hall–Kier alpha value is -3.09. The summed E-state index contributed by atoms with van der Waals surface area (Å²) < 4.78 is 21.9. The molecule has 5 heterocycles. The van der Waals surface area contributed by atoms with Crippen LogP contribution in [-0.4, -0.2) is 39.6 Å². The molecule has 28 heavy (non-hydrogen) atoms. The third-order valence-electron chi connectivity index (χ3n) is 5.60. The molecule has 1 saturated heterocycles. The largest absolute Gasteiger partial charge is 0.490 e. The van der Waals surface area contributed by atoms with Crippen LogP contribution in [0, 0.1) is 5.82 Å². The maximum Gasteiger partial charge on any atom is 0.257 e. The number of benzene rings is 1. The van der Waals surface area contributed by atoms with Gasteiger partial charge in [-0.3, -0.25) is 4.79 Å². The minimum Gasteiger partial charge on any atom is -0.490 e. The van der Waals surface area contributed by atoms with Gasteiger partial charge < -0.3 is 15.0 Å². The first kappa shape index (κ1) is 17.0. The van der Waals surface area contributed by atoms with Gasteiger partial charge in [-0.1, -0.05) is 0 Å². The van der Waals surface area contributed by atoms with Gasteiger partial charge in [0, 0.05) is 43.4 Å². The second-order valence-corrected chi connectivity index (χ2v) is 7.46. The fourth-order valence-electron chi connectivity index (χ4n) is 4.05. The predicted molar refractivity (Wildman–Crippen MR) is 103 cm³/mol. The Labute approximate surface area is 161 Å². The summed E-state index contributed by atoms with van der Waals surface area (Å²) in [6.07, 6.45) is 4.95. The molecule has 1 N–H and O–H groups in total. The quantitative estimate of drug-likeness (QED) is 0.647. The number of aromatic nitrogens is 2. The molecular formula is C21H21FN4O2. The van der Waals surface area contributed by atoms with Crippen molar-refractivity contribution in [1.29, 1.82) is 0 Å². The maximum absolute atomic E-state index is 14.0. The van der Waals surface area contributed by atoms with Gasteiger partial charge in [0.2, 0.25) is 0 Å². The van der Waals surface area contributed by atoms with Gasteiger partial charge in [-0.25, -0.2) is 8.91 Å². The predicted octanol–water partition coefficient (Wildman–Crippen LogP) is 3.64. The number of nitrogens with zero attached hydrogens (tertiary/aromatic N) is 3. The summed E-state index contributed by atoms with van der Waals surface area (Å²) in [5, 5.41) is 7.72. The summed E-state index contributed by atoms with van der Waals surface area (Å²) in [5.41, 5.74) is 2.97. The Morgan fingerprint density at radius 3 is 2.86 bits per heavy atom. The highest BCUT2D eigenvalue weighted by molar-refractivity contribution is 6.01. The Kier molecular flexibility index (Phi) is 3.96. The van der Waals surface area contributed by atoms with Crippen molar-refractivity contribution < 1.29 is 13.9 Å². The number of anilines is 1. The number of carbonyl (C=O) groups excluding carboxylic acids is 1. The summed E-state index contributed by atoms with van der Waals surface area (Å²) >= 11 is 0. The van der Waals surface area contributed by atoms with Gasteiger partial charge in [-0.05, 0) is 37.3 Å². The lowest BCUT2D eigenvalue weighted by Gasteiger charge is -2.33. The van der Waals surface area contributed by atoms with E-state index in [2.05, 4.69) is 10.4 Å². The summed E-state index contributed by atoms with van der Waals surface area (Å²) in [7, 11) is 0. The third-order valence-corrected chi connectivity index (χ3v) is 5.60. The van der Waals surface area contributed by atoms with Gasteiger partial charge >= 0.3 is 0 Å². The number of hydrogen-bond donors (Lipinski definition) is 1. The van der Waals surface area contributed by atoms with Crippen molar-refractivity contribution >= 4 is 17.1 Å². The molecule has 6 rings (SSSR count). The van der Waals surface area contributed by atoms with E-state index in [-0.39, 0.29) is 23.9 Å². The zero-order valence-electron chi connectivity index (χ0n) is 15.6. The highest BCUT2D eigenvalue weighted by Gasteiger charge is 2.28. The molecule has 2 aromatic heterocycles. The van der Waals surface area contributed by atoms with Crippen molar-refractivity contribution in [3.8, 4) is 5.75 Å². The number of halogens is 1. The van der Waals surface area contributed by atoms with Crippen LogP contribution in [0.4, 0.5) is 10.1 Å². The van der Waals surface area contributed by atoms with Crippen molar-refractivity contribution in [2.75, 3.05) is 18.4 Å². The minimum absolute atomic E-state index is 0.00169. The van der Waals surface area contributed by atoms with E-state index in [4.69, 9.17) is 4.74 Å². The lowest BCUT2D eigenvalue weighted by Crippen LogP contribution is -2.41. The molecule has 1 amide bonds. The van der Waals surface area contributed by atoms with Crippen molar-refractivity contribution in [3.05, 3.63) is 59.7 Å². The number of ether oxygens (including phenoxy) is 1. The first-order chi connectivity index (χ1) is 13.6. The van der Waals surface area contributed by atoms with Gasteiger partial charge in [0.15, 0.2) is 0 Å². The standard InChI is InChI=1S/C21H21FN4O2/c1-13-17-10-14(22)2-3-20(17)28-16-5-7-25(8-6-16)21(27)18-12-23-26-9-4-15(24-13)11-19(18)26/h2-4,9-13,16,24H,5-8H2,1H3/t13-/m1/s1. The molecule has 3 aromatic rings. The first-order valence-electron chi connectivity index (χ1n) is 9.58. The van der Waals surface area contributed by atoms with Crippen molar-refractivity contribution in [2.45, 2.75) is 31.9 Å². The summed E-state index contributed by atoms with van der Waals surface area (Å²) in [4.78, 5) is 14.9. The fourth-order valence-corrected chi connectivity index (χ4v) is 4.05. The molecule has 0 aliphatic carbocycles. The zero-order chi connectivity index (χ0) is 19.3. The lowest BCUT2D eigenvalue weighted by atomic mass is 10.0. The van der Waals surface area contributed by atoms with E-state index in [1.54, 1.807) is 16.8 Å². The normalized spacial score (nSPS) is 21.9. The van der Waals surface area contributed by atoms with E-state index in [9.17, 15) is 9.18 Å². The second-order valence-electron chi connectivity index (χ2n) is 7.46. The van der Waals surface area contributed by atoms with Crippen LogP contribution >= 0.6 is 0 Å². The molecule has 0 unspecified atom stereocenters. The van der Waals surface area contributed by atoms with Crippen LogP contribution in [0.25, 0.3) is 5.52 Å². The number of nitrogens with one attached hydrogen (secondary N) is 1. The zero-order valence-corrected chi connectivity index (χ0v) is 15.6. The van der Waals surface area contributed by atoms with Crippen LogP contribution in [0.1, 0.15) is 41.7 Å². The Morgan fingerprint density at radius 1 is 1.21 bits per heavy atom. The number of fused-ring (bicyclic) bond motifs is 3.